The molecule has 2 aliphatic rings. The van der Waals surface area contributed by atoms with Crippen molar-refractivity contribution in [2.45, 2.75) is 50.9 Å². The van der Waals surface area contributed by atoms with Crippen molar-refractivity contribution in [3.8, 4) is 0 Å². The van der Waals surface area contributed by atoms with Crippen molar-refractivity contribution in [2.75, 3.05) is 11.5 Å². The zero-order chi connectivity index (χ0) is 14.4. The molecule has 2 nitrogen and oxygen atoms in total. The number of hydrogen-bond donors (Lipinski definition) is 1. The third kappa shape index (κ3) is 4.02. The van der Waals surface area contributed by atoms with E-state index in [0.717, 1.165) is 11.3 Å². The highest BCUT2D eigenvalue weighted by molar-refractivity contribution is 7.99. The zero-order valence-electron chi connectivity index (χ0n) is 12.2. The summed E-state index contributed by atoms with van der Waals surface area (Å²) < 4.78 is 0. The maximum absolute atomic E-state index is 11.3. The second kappa shape index (κ2) is 7.72. The molecule has 1 N–H and O–H groups in total. The van der Waals surface area contributed by atoms with E-state index in [2.05, 4.69) is 19.1 Å². The van der Waals surface area contributed by atoms with Gasteiger partial charge in [-0.15, -0.1) is 0 Å². The molecular formula is C17H24O2S. The van der Waals surface area contributed by atoms with Crippen molar-refractivity contribution in [3.05, 3.63) is 35.4 Å². The van der Waals surface area contributed by atoms with Gasteiger partial charge >= 0.3 is 5.97 Å². The number of carbonyl (C=O) groups is 1. The summed E-state index contributed by atoms with van der Waals surface area (Å²) in [5, 5.41) is 9.32. The summed E-state index contributed by atoms with van der Waals surface area (Å²) >= 11 is 1.80. The van der Waals surface area contributed by atoms with Crippen LogP contribution in [-0.2, 0) is 4.79 Å². The van der Waals surface area contributed by atoms with Crippen LogP contribution in [0, 0.1) is 0 Å². The number of aliphatic carboxylic acids is 1. The summed E-state index contributed by atoms with van der Waals surface area (Å²) in [5.41, 5.74) is 2.32. The Hall–Kier alpha value is -0.960. The third-order valence-electron chi connectivity index (χ3n) is 4.12. The minimum atomic E-state index is -0.702. The Kier molecular flexibility index (Phi) is 5.96. The van der Waals surface area contributed by atoms with E-state index in [1.807, 2.05) is 12.1 Å². The minimum absolute atomic E-state index is 0.354. The first-order chi connectivity index (χ1) is 9.72. The number of unbranched alkanes of at least 4 members (excludes halogenated alkanes) is 3. The van der Waals surface area contributed by atoms with Gasteiger partial charge in [-0.05, 0) is 23.5 Å². The van der Waals surface area contributed by atoms with Gasteiger partial charge in [-0.2, -0.15) is 11.8 Å². The highest BCUT2D eigenvalue weighted by Crippen LogP contribution is 2.33. The minimum Gasteiger partial charge on any atom is -0.481 e. The maximum Gasteiger partial charge on any atom is 0.311 e. The quantitative estimate of drug-likeness (QED) is 0.775. The van der Waals surface area contributed by atoms with Crippen LogP contribution in [0.3, 0.4) is 0 Å². The molecule has 2 aliphatic heterocycles. The average Bonchev–Trinajstić information content (AvgIpc) is 2.58. The largest absolute Gasteiger partial charge is 0.481 e. The lowest BCUT2D eigenvalue weighted by molar-refractivity contribution is -0.138. The molecule has 0 saturated heterocycles. The van der Waals surface area contributed by atoms with Crippen LogP contribution >= 0.6 is 11.8 Å². The third-order valence-corrected chi connectivity index (χ3v) is 5.33. The number of thioether (sulfide) groups is 1. The van der Waals surface area contributed by atoms with Crippen molar-refractivity contribution in [3.63, 3.8) is 0 Å². The molecule has 2 heterocycles. The highest BCUT2D eigenvalue weighted by Gasteiger charge is 2.23. The van der Waals surface area contributed by atoms with Gasteiger partial charge in [0.2, 0.25) is 0 Å². The Morgan fingerprint density at radius 3 is 2.50 bits per heavy atom. The first-order valence-corrected chi connectivity index (χ1v) is 8.78. The Labute approximate surface area is 126 Å². The van der Waals surface area contributed by atoms with Crippen LogP contribution in [0.4, 0.5) is 0 Å². The number of hydrogen-bond acceptors (Lipinski definition) is 2. The second-order valence-electron chi connectivity index (χ2n) is 5.64. The van der Waals surface area contributed by atoms with Gasteiger partial charge in [0.15, 0.2) is 0 Å². The van der Waals surface area contributed by atoms with Crippen LogP contribution in [0.25, 0.3) is 0 Å². The molecular weight excluding hydrogens is 268 g/mol. The first-order valence-electron chi connectivity index (χ1n) is 7.62. The molecule has 1 aromatic rings. The summed E-state index contributed by atoms with van der Waals surface area (Å²) in [6.45, 7) is 2.24. The monoisotopic (exact) mass is 292 g/mol. The SMILES string of the molecule is CCCCCCC1CSCC(C(=O)O)c2ccc1cc2. The molecule has 0 spiro atoms. The van der Waals surface area contributed by atoms with E-state index in [1.165, 1.54) is 37.7 Å². The molecule has 110 valence electrons. The highest BCUT2D eigenvalue weighted by atomic mass is 32.2. The molecule has 2 bridgehead atoms. The van der Waals surface area contributed by atoms with Gasteiger partial charge in [0.25, 0.3) is 0 Å². The molecule has 0 aromatic heterocycles. The van der Waals surface area contributed by atoms with Crippen molar-refractivity contribution in [1.82, 2.24) is 0 Å². The van der Waals surface area contributed by atoms with E-state index in [9.17, 15) is 9.90 Å². The van der Waals surface area contributed by atoms with Gasteiger partial charge in [0.1, 0.15) is 0 Å². The maximum atomic E-state index is 11.3. The topological polar surface area (TPSA) is 37.3 Å². The molecule has 0 saturated carbocycles. The second-order valence-corrected chi connectivity index (χ2v) is 6.72. The molecule has 2 atom stereocenters. The average molecular weight is 292 g/mol. The van der Waals surface area contributed by atoms with E-state index in [1.54, 1.807) is 11.8 Å². The van der Waals surface area contributed by atoms with Crippen LogP contribution in [0.15, 0.2) is 24.3 Å². The fourth-order valence-corrected chi connectivity index (χ4v) is 4.15. The number of benzene rings is 1. The summed E-state index contributed by atoms with van der Waals surface area (Å²) in [4.78, 5) is 11.3. The van der Waals surface area contributed by atoms with Crippen LogP contribution in [0.1, 0.15) is 62.0 Å². The molecule has 3 heteroatoms. The van der Waals surface area contributed by atoms with Gasteiger partial charge in [0, 0.05) is 11.5 Å². The first kappa shape index (κ1) is 15.4. The normalized spacial score (nSPS) is 22.1. The smallest absolute Gasteiger partial charge is 0.311 e. The van der Waals surface area contributed by atoms with E-state index in [4.69, 9.17) is 0 Å². The number of carboxylic acids is 1. The van der Waals surface area contributed by atoms with Crippen molar-refractivity contribution in [2.24, 2.45) is 0 Å². The Morgan fingerprint density at radius 2 is 1.85 bits per heavy atom. The van der Waals surface area contributed by atoms with Crippen molar-refractivity contribution >= 4 is 17.7 Å². The lowest BCUT2D eigenvalue weighted by atomic mass is 9.92. The molecule has 0 radical (unpaired) electrons. The Balaban J connectivity index is 2.02. The molecule has 2 unspecified atom stereocenters. The summed E-state index contributed by atoms with van der Waals surface area (Å²) in [6, 6.07) is 8.31. The van der Waals surface area contributed by atoms with Crippen LogP contribution in [0.5, 0.6) is 0 Å². The standard InChI is InChI=1S/C17H24O2S/c1-2-3-4-5-6-15-11-20-12-16(17(18)19)14-9-7-13(15)8-10-14/h7-10,15-16H,2-6,11-12H2,1H3,(H,18,19). The molecule has 0 amide bonds. The van der Waals surface area contributed by atoms with Gasteiger partial charge < -0.3 is 5.11 Å². The fourth-order valence-electron chi connectivity index (χ4n) is 2.80. The van der Waals surface area contributed by atoms with Crippen LogP contribution in [0.2, 0.25) is 0 Å². The van der Waals surface area contributed by atoms with Crippen LogP contribution in [-0.4, -0.2) is 22.6 Å². The lowest BCUT2D eigenvalue weighted by Crippen LogP contribution is -2.14. The fraction of sp³-hybridized carbons (Fsp3) is 0.588. The molecule has 20 heavy (non-hydrogen) atoms. The van der Waals surface area contributed by atoms with Gasteiger partial charge in [-0.3, -0.25) is 4.79 Å². The number of fused-ring (bicyclic) bond motifs is 6. The summed E-state index contributed by atoms with van der Waals surface area (Å²) in [5.74, 6) is 1.27. The summed E-state index contributed by atoms with van der Waals surface area (Å²) in [6.07, 6.45) is 6.41. The van der Waals surface area contributed by atoms with Gasteiger partial charge in [-0.25, -0.2) is 0 Å². The van der Waals surface area contributed by atoms with E-state index in [-0.39, 0.29) is 5.92 Å². The predicted molar refractivity (Wildman–Crippen MR) is 85.6 cm³/mol. The zero-order valence-corrected chi connectivity index (χ0v) is 13.0. The molecule has 0 fully saturated rings. The summed E-state index contributed by atoms with van der Waals surface area (Å²) in [7, 11) is 0. The van der Waals surface area contributed by atoms with Crippen molar-refractivity contribution < 1.29 is 9.90 Å². The van der Waals surface area contributed by atoms with E-state index >= 15 is 0 Å². The Bertz CT molecular complexity index is 427. The molecule has 0 aliphatic carbocycles. The molecule has 1 aromatic carbocycles. The Morgan fingerprint density at radius 1 is 1.15 bits per heavy atom. The van der Waals surface area contributed by atoms with E-state index < -0.39 is 5.97 Å². The molecule has 3 rings (SSSR count). The lowest BCUT2D eigenvalue weighted by Gasteiger charge is -2.16. The predicted octanol–water partition coefficient (Wildman–Crippen LogP) is 4.66. The van der Waals surface area contributed by atoms with Crippen molar-refractivity contribution in [1.29, 1.82) is 0 Å². The van der Waals surface area contributed by atoms with E-state index in [0.29, 0.717) is 11.7 Å². The number of carboxylic acid groups (broad SMARTS) is 1. The van der Waals surface area contributed by atoms with Gasteiger partial charge in [-0.1, -0.05) is 56.9 Å². The van der Waals surface area contributed by atoms with Crippen LogP contribution < -0.4 is 0 Å². The number of rotatable bonds is 6. The van der Waals surface area contributed by atoms with Gasteiger partial charge in [0.05, 0.1) is 5.92 Å².